The van der Waals surface area contributed by atoms with Crippen molar-refractivity contribution >= 4 is 0 Å². The van der Waals surface area contributed by atoms with Crippen LogP contribution >= 0.6 is 0 Å². The molecular weight excluding hydrogens is 328 g/mol. The van der Waals surface area contributed by atoms with Gasteiger partial charge in [0.05, 0.1) is 17.9 Å². The van der Waals surface area contributed by atoms with Crippen LogP contribution in [0.1, 0.15) is 36.0 Å². The van der Waals surface area contributed by atoms with E-state index in [1.54, 1.807) is 16.8 Å². The summed E-state index contributed by atoms with van der Waals surface area (Å²) in [7, 11) is 0. The first-order valence-electron chi connectivity index (χ1n) is 9.49. The molecule has 26 heavy (non-hydrogen) atoms. The Balaban J connectivity index is 1.25. The van der Waals surface area contributed by atoms with Gasteiger partial charge in [-0.05, 0) is 31.9 Å². The Hall–Kier alpha value is -2.12. The number of hydrogen-bond acceptors (Lipinski definition) is 6. The summed E-state index contributed by atoms with van der Waals surface area (Å²) in [6, 6.07) is 5.39. The van der Waals surface area contributed by atoms with E-state index >= 15 is 0 Å². The van der Waals surface area contributed by atoms with Gasteiger partial charge in [-0.2, -0.15) is 5.10 Å². The summed E-state index contributed by atoms with van der Waals surface area (Å²) in [6.45, 7) is 8.41. The molecule has 1 saturated heterocycles. The van der Waals surface area contributed by atoms with Crippen LogP contribution in [0, 0.1) is 6.92 Å². The first kappa shape index (κ1) is 17.3. The lowest BCUT2D eigenvalue weighted by Crippen LogP contribution is -2.47. The Bertz CT molecular complexity index is 808. The molecular formula is C19H26N6O. The molecule has 2 aromatic heterocycles. The topological polar surface area (TPSA) is 67.2 Å². The molecule has 0 bridgehead atoms. The van der Waals surface area contributed by atoms with Crippen LogP contribution in [0.15, 0.2) is 29.2 Å². The summed E-state index contributed by atoms with van der Waals surface area (Å²) in [6.07, 6.45) is 4.38. The van der Waals surface area contributed by atoms with Crippen molar-refractivity contribution in [2.24, 2.45) is 0 Å². The summed E-state index contributed by atoms with van der Waals surface area (Å²) in [4.78, 5) is 25.8. The van der Waals surface area contributed by atoms with Crippen LogP contribution in [0.2, 0.25) is 0 Å². The van der Waals surface area contributed by atoms with E-state index in [0.29, 0.717) is 12.5 Å². The lowest BCUT2D eigenvalue weighted by Gasteiger charge is -2.34. The van der Waals surface area contributed by atoms with Crippen molar-refractivity contribution in [3.05, 3.63) is 52.0 Å². The van der Waals surface area contributed by atoms with Crippen LogP contribution in [0.4, 0.5) is 0 Å². The van der Waals surface area contributed by atoms with Gasteiger partial charge in [0.1, 0.15) is 5.82 Å². The van der Waals surface area contributed by atoms with E-state index in [2.05, 4.69) is 19.9 Å². The monoisotopic (exact) mass is 354 g/mol. The molecule has 0 atom stereocenters. The molecule has 2 fully saturated rings. The third-order valence-corrected chi connectivity index (χ3v) is 5.15. The predicted molar refractivity (Wildman–Crippen MR) is 99.0 cm³/mol. The van der Waals surface area contributed by atoms with Crippen LogP contribution in [-0.4, -0.2) is 62.3 Å². The average molecular weight is 354 g/mol. The average Bonchev–Trinajstić information content (AvgIpc) is 3.49. The molecule has 2 aromatic rings. The normalized spacial score (nSPS) is 19.0. The molecule has 7 nitrogen and oxygen atoms in total. The van der Waals surface area contributed by atoms with Gasteiger partial charge in [0, 0.05) is 57.4 Å². The van der Waals surface area contributed by atoms with E-state index in [1.807, 2.05) is 19.2 Å². The summed E-state index contributed by atoms with van der Waals surface area (Å²) < 4.78 is 1.57. The molecule has 0 radical (unpaired) electrons. The summed E-state index contributed by atoms with van der Waals surface area (Å²) in [5, 5.41) is 4.31. The van der Waals surface area contributed by atoms with Crippen molar-refractivity contribution in [3.8, 4) is 0 Å². The van der Waals surface area contributed by atoms with Crippen LogP contribution in [-0.2, 0) is 13.1 Å². The quantitative estimate of drug-likeness (QED) is 0.772. The van der Waals surface area contributed by atoms with Gasteiger partial charge < -0.3 is 0 Å². The lowest BCUT2D eigenvalue weighted by atomic mass is 10.2. The van der Waals surface area contributed by atoms with Crippen molar-refractivity contribution in [2.75, 3.05) is 32.7 Å². The zero-order chi connectivity index (χ0) is 17.9. The highest BCUT2D eigenvalue weighted by Crippen LogP contribution is 2.37. The SMILES string of the molecule is Cc1ccc(=O)n(CCN2CCN(Cc3ccnc(C4CC4)n3)CC2)n1. The summed E-state index contributed by atoms with van der Waals surface area (Å²) >= 11 is 0. The number of aryl methyl sites for hydroxylation is 1. The van der Waals surface area contributed by atoms with Crippen molar-refractivity contribution in [1.82, 2.24) is 29.5 Å². The van der Waals surface area contributed by atoms with Gasteiger partial charge in [-0.1, -0.05) is 0 Å². The second-order valence-corrected chi connectivity index (χ2v) is 7.33. The second kappa shape index (κ2) is 7.63. The largest absolute Gasteiger partial charge is 0.299 e. The van der Waals surface area contributed by atoms with Crippen molar-refractivity contribution in [1.29, 1.82) is 0 Å². The highest BCUT2D eigenvalue weighted by atomic mass is 16.1. The number of hydrogen-bond donors (Lipinski definition) is 0. The number of rotatable bonds is 6. The molecule has 0 spiro atoms. The highest BCUT2D eigenvalue weighted by Gasteiger charge is 2.26. The first-order chi connectivity index (χ1) is 12.7. The van der Waals surface area contributed by atoms with E-state index in [-0.39, 0.29) is 5.56 Å². The minimum atomic E-state index is -0.0236. The zero-order valence-corrected chi connectivity index (χ0v) is 15.3. The third-order valence-electron chi connectivity index (χ3n) is 5.15. The van der Waals surface area contributed by atoms with Gasteiger partial charge >= 0.3 is 0 Å². The van der Waals surface area contributed by atoms with Crippen LogP contribution < -0.4 is 5.56 Å². The molecule has 1 aliphatic carbocycles. The smallest absolute Gasteiger partial charge is 0.266 e. The number of nitrogens with zero attached hydrogens (tertiary/aromatic N) is 6. The van der Waals surface area contributed by atoms with Crippen LogP contribution in [0.25, 0.3) is 0 Å². The Morgan fingerprint density at radius 1 is 1.04 bits per heavy atom. The van der Waals surface area contributed by atoms with Crippen LogP contribution in [0.5, 0.6) is 0 Å². The molecule has 3 heterocycles. The molecule has 0 unspecified atom stereocenters. The Kier molecular flexibility index (Phi) is 5.08. The maximum atomic E-state index is 11.8. The van der Waals surface area contributed by atoms with E-state index in [9.17, 15) is 4.79 Å². The fourth-order valence-corrected chi connectivity index (χ4v) is 3.39. The summed E-state index contributed by atoms with van der Waals surface area (Å²) in [5.74, 6) is 1.63. The minimum Gasteiger partial charge on any atom is -0.299 e. The minimum absolute atomic E-state index is 0.0236. The van der Waals surface area contributed by atoms with E-state index in [1.165, 1.54) is 12.8 Å². The fraction of sp³-hybridized carbons (Fsp3) is 0.579. The Labute approximate surface area is 153 Å². The molecule has 2 aliphatic rings. The molecule has 7 heteroatoms. The molecule has 138 valence electrons. The predicted octanol–water partition coefficient (Wildman–Crippen LogP) is 1.04. The number of piperazine rings is 1. The standard InChI is InChI=1S/C19H26N6O/c1-15-2-5-18(26)25(22-15)13-12-23-8-10-24(11-9-23)14-17-6-7-20-19(21-17)16-3-4-16/h2,5-7,16H,3-4,8-14H2,1H3. The van der Waals surface area contributed by atoms with E-state index < -0.39 is 0 Å². The van der Waals surface area contributed by atoms with Gasteiger partial charge in [0.15, 0.2) is 0 Å². The zero-order valence-electron chi connectivity index (χ0n) is 15.3. The summed E-state index contributed by atoms with van der Waals surface area (Å²) in [5.41, 5.74) is 1.99. The van der Waals surface area contributed by atoms with Gasteiger partial charge in [-0.15, -0.1) is 0 Å². The Morgan fingerprint density at radius 2 is 1.81 bits per heavy atom. The van der Waals surface area contributed by atoms with E-state index in [4.69, 9.17) is 4.98 Å². The molecule has 0 aromatic carbocycles. The molecule has 1 aliphatic heterocycles. The molecule has 4 rings (SSSR count). The van der Waals surface area contributed by atoms with Gasteiger partial charge in [-0.25, -0.2) is 14.6 Å². The molecule has 0 amide bonds. The van der Waals surface area contributed by atoms with Gasteiger partial charge in [0.25, 0.3) is 5.56 Å². The lowest BCUT2D eigenvalue weighted by molar-refractivity contribution is 0.121. The van der Waals surface area contributed by atoms with Gasteiger partial charge in [0.2, 0.25) is 0 Å². The maximum Gasteiger partial charge on any atom is 0.266 e. The van der Waals surface area contributed by atoms with Gasteiger partial charge in [-0.3, -0.25) is 14.6 Å². The van der Waals surface area contributed by atoms with Crippen molar-refractivity contribution < 1.29 is 0 Å². The number of aromatic nitrogens is 4. The third kappa shape index (κ3) is 4.34. The Morgan fingerprint density at radius 3 is 2.58 bits per heavy atom. The fourth-order valence-electron chi connectivity index (χ4n) is 3.39. The second-order valence-electron chi connectivity index (χ2n) is 7.33. The van der Waals surface area contributed by atoms with Crippen molar-refractivity contribution in [3.63, 3.8) is 0 Å². The molecule has 1 saturated carbocycles. The van der Waals surface area contributed by atoms with Crippen molar-refractivity contribution in [2.45, 2.75) is 38.8 Å². The molecule has 0 N–H and O–H groups in total. The maximum absolute atomic E-state index is 11.8. The first-order valence-corrected chi connectivity index (χ1v) is 9.49. The highest BCUT2D eigenvalue weighted by molar-refractivity contribution is 5.10. The van der Waals surface area contributed by atoms with Crippen LogP contribution in [0.3, 0.4) is 0 Å². The van der Waals surface area contributed by atoms with E-state index in [0.717, 1.165) is 56.5 Å².